The van der Waals surface area contributed by atoms with Crippen LogP contribution in [0.25, 0.3) is 0 Å². The Balaban J connectivity index is 1.30. The van der Waals surface area contributed by atoms with E-state index in [1.54, 1.807) is 0 Å². The Hall–Kier alpha value is -0.870. The van der Waals surface area contributed by atoms with Crippen LogP contribution in [0.2, 0.25) is 0 Å². The monoisotopic (exact) mass is 362 g/mol. The molecule has 3 unspecified atom stereocenters. The van der Waals surface area contributed by atoms with Crippen LogP contribution in [-0.4, -0.2) is 36.0 Å². The molecule has 1 saturated heterocycles. The maximum atomic E-state index is 11.9. The van der Waals surface area contributed by atoms with Gasteiger partial charge in [-0.05, 0) is 76.0 Å². The maximum absolute atomic E-state index is 11.9. The van der Waals surface area contributed by atoms with Crippen LogP contribution in [0, 0.1) is 11.8 Å². The molecule has 0 aromatic heterocycles. The summed E-state index contributed by atoms with van der Waals surface area (Å²) in [4.78, 5) is 11.9. The number of rotatable bonds is 9. The van der Waals surface area contributed by atoms with Crippen LogP contribution < -0.4 is 0 Å². The van der Waals surface area contributed by atoms with Crippen LogP contribution in [0.3, 0.4) is 0 Å². The number of esters is 1. The van der Waals surface area contributed by atoms with Gasteiger partial charge in [0.25, 0.3) is 0 Å². The van der Waals surface area contributed by atoms with E-state index < -0.39 is 0 Å². The Labute approximate surface area is 157 Å². The number of ether oxygens (including phenoxy) is 3. The average molecular weight is 363 g/mol. The summed E-state index contributed by atoms with van der Waals surface area (Å²) in [5, 5.41) is 0. The van der Waals surface area contributed by atoms with Crippen molar-refractivity contribution in [2.45, 2.75) is 94.4 Å². The molecule has 1 heterocycles. The van der Waals surface area contributed by atoms with Crippen molar-refractivity contribution in [1.29, 1.82) is 0 Å². The van der Waals surface area contributed by atoms with Crippen LogP contribution in [0.1, 0.15) is 77.6 Å². The van der Waals surface area contributed by atoms with Gasteiger partial charge in [0, 0.05) is 19.1 Å². The Bertz CT molecular complexity index is 531. The predicted molar refractivity (Wildman–Crippen MR) is 99.8 cm³/mol. The van der Waals surface area contributed by atoms with E-state index >= 15 is 0 Å². The Kier molecular flexibility index (Phi) is 4.94. The van der Waals surface area contributed by atoms with Gasteiger partial charge in [0.15, 0.2) is 0 Å². The van der Waals surface area contributed by atoms with Gasteiger partial charge < -0.3 is 14.2 Å². The maximum Gasteiger partial charge on any atom is 0.330 e. The molecular formula is C22H34O4. The third kappa shape index (κ3) is 3.47. The van der Waals surface area contributed by atoms with Gasteiger partial charge >= 0.3 is 5.97 Å². The van der Waals surface area contributed by atoms with E-state index in [-0.39, 0.29) is 22.8 Å². The van der Waals surface area contributed by atoms with Crippen molar-refractivity contribution in [3.05, 3.63) is 12.7 Å². The molecule has 3 atom stereocenters. The fourth-order valence-corrected chi connectivity index (χ4v) is 6.52. The molecule has 5 aliphatic rings. The second-order valence-electron chi connectivity index (χ2n) is 9.39. The van der Waals surface area contributed by atoms with Crippen molar-refractivity contribution in [2.75, 3.05) is 13.2 Å². The molecule has 1 aliphatic heterocycles. The zero-order valence-electron chi connectivity index (χ0n) is 16.3. The van der Waals surface area contributed by atoms with Gasteiger partial charge in [-0.2, -0.15) is 0 Å². The molecule has 4 bridgehead atoms. The van der Waals surface area contributed by atoms with Gasteiger partial charge in [0.2, 0.25) is 0 Å². The van der Waals surface area contributed by atoms with E-state index in [0.717, 1.165) is 64.6 Å². The minimum absolute atomic E-state index is 0.0546. The lowest BCUT2D eigenvalue weighted by Gasteiger charge is -2.60. The van der Waals surface area contributed by atoms with E-state index in [4.69, 9.17) is 14.2 Å². The third-order valence-electron chi connectivity index (χ3n) is 7.48. The first kappa shape index (κ1) is 18.5. The summed E-state index contributed by atoms with van der Waals surface area (Å²) in [6.07, 6.45) is 13.6. The smallest absolute Gasteiger partial charge is 0.330 e. The lowest BCUT2D eigenvalue weighted by atomic mass is 9.52. The molecule has 4 nitrogen and oxygen atoms in total. The first-order valence-electron chi connectivity index (χ1n) is 10.6. The third-order valence-corrected chi connectivity index (χ3v) is 7.48. The van der Waals surface area contributed by atoms with Gasteiger partial charge in [-0.25, -0.2) is 4.79 Å². The first-order valence-corrected chi connectivity index (χ1v) is 10.6. The summed E-state index contributed by atoms with van der Waals surface area (Å²) >= 11 is 0. The summed E-state index contributed by atoms with van der Waals surface area (Å²) in [6, 6.07) is 0. The number of carbonyl (C=O) groups excluding carboxylic acids is 1. The summed E-state index contributed by atoms with van der Waals surface area (Å²) in [5.74, 6) is 1.04. The molecule has 0 aromatic carbocycles. The van der Waals surface area contributed by atoms with E-state index in [9.17, 15) is 4.79 Å². The highest BCUT2D eigenvalue weighted by atomic mass is 16.6. The van der Waals surface area contributed by atoms with Crippen LogP contribution in [0.15, 0.2) is 12.7 Å². The number of unbranched alkanes of at least 4 members (excludes halogenated alkanes) is 1. The zero-order valence-corrected chi connectivity index (χ0v) is 16.3. The lowest BCUT2D eigenvalue weighted by molar-refractivity contribution is -0.231. The van der Waals surface area contributed by atoms with E-state index in [0.29, 0.717) is 11.8 Å². The molecule has 5 rings (SSSR count). The largest absolute Gasteiger partial charge is 0.456 e. The van der Waals surface area contributed by atoms with Crippen LogP contribution in [0.4, 0.5) is 0 Å². The molecular weight excluding hydrogens is 328 g/mol. The van der Waals surface area contributed by atoms with Crippen molar-refractivity contribution >= 4 is 5.97 Å². The number of hydrogen-bond donors (Lipinski definition) is 0. The summed E-state index contributed by atoms with van der Waals surface area (Å²) in [7, 11) is 0. The van der Waals surface area contributed by atoms with Crippen LogP contribution >= 0.6 is 0 Å². The van der Waals surface area contributed by atoms with E-state index in [1.807, 2.05) is 0 Å². The highest BCUT2D eigenvalue weighted by Gasteiger charge is 2.60. The second-order valence-corrected chi connectivity index (χ2v) is 9.39. The van der Waals surface area contributed by atoms with E-state index in [2.05, 4.69) is 13.5 Å². The molecule has 4 aliphatic carbocycles. The summed E-state index contributed by atoms with van der Waals surface area (Å²) < 4.78 is 18.2. The fraction of sp³-hybridized carbons (Fsp3) is 0.864. The molecule has 4 heteroatoms. The number of hydrogen-bond acceptors (Lipinski definition) is 4. The summed E-state index contributed by atoms with van der Waals surface area (Å²) in [5.41, 5.74) is -0.175. The normalized spacial score (nSPS) is 43.1. The molecule has 0 amide bonds. The minimum atomic E-state index is -0.290. The lowest BCUT2D eigenvalue weighted by Crippen LogP contribution is -2.61. The van der Waals surface area contributed by atoms with E-state index in [1.165, 1.54) is 25.3 Å². The predicted octanol–water partition coefficient (Wildman–Crippen LogP) is 4.56. The van der Waals surface area contributed by atoms with Gasteiger partial charge in [0.1, 0.15) is 5.60 Å². The topological polar surface area (TPSA) is 44.8 Å². The number of carbonyl (C=O) groups is 1. The molecule has 26 heavy (non-hydrogen) atoms. The summed E-state index contributed by atoms with van der Waals surface area (Å²) in [6.45, 7) is 7.56. The first-order chi connectivity index (χ1) is 12.5. The molecule has 0 radical (unpaired) electrons. The molecule has 146 valence electrons. The Morgan fingerprint density at radius 3 is 2.46 bits per heavy atom. The van der Waals surface area contributed by atoms with Gasteiger partial charge in [-0.15, -0.1) is 0 Å². The van der Waals surface area contributed by atoms with Crippen molar-refractivity contribution in [2.24, 2.45) is 11.8 Å². The Morgan fingerprint density at radius 2 is 1.88 bits per heavy atom. The van der Waals surface area contributed by atoms with Crippen LogP contribution in [0.5, 0.6) is 0 Å². The van der Waals surface area contributed by atoms with Crippen molar-refractivity contribution < 1.29 is 19.0 Å². The molecule has 0 aromatic rings. The highest BCUT2D eigenvalue weighted by molar-refractivity contribution is 5.81. The highest BCUT2D eigenvalue weighted by Crippen LogP contribution is 2.60. The molecule has 0 N–H and O–H groups in total. The average Bonchev–Trinajstić information content (AvgIpc) is 2.55. The minimum Gasteiger partial charge on any atom is -0.456 e. The Morgan fingerprint density at radius 1 is 1.19 bits per heavy atom. The SMILES string of the molecule is C=CC(=O)OC12CC3CC(CC(OCCCCC4(CC)CCO4)(C3)C1)C2. The fourth-order valence-electron chi connectivity index (χ4n) is 6.52. The molecule has 4 saturated carbocycles. The van der Waals surface area contributed by atoms with Gasteiger partial charge in [-0.3, -0.25) is 0 Å². The van der Waals surface area contributed by atoms with Crippen molar-refractivity contribution in [3.63, 3.8) is 0 Å². The molecule has 0 spiro atoms. The van der Waals surface area contributed by atoms with Gasteiger partial charge in [-0.1, -0.05) is 13.5 Å². The standard InChI is InChI=1S/C22H34O4/c1-3-19(23)26-22-14-17-11-18(15-22)13-21(12-17,16-22)24-9-6-5-7-20(4-2)8-10-25-20/h3,17-18H,1,4-16H2,2H3. The zero-order chi connectivity index (χ0) is 18.3. The molecule has 5 fully saturated rings. The van der Waals surface area contributed by atoms with Crippen molar-refractivity contribution in [3.8, 4) is 0 Å². The van der Waals surface area contributed by atoms with Crippen molar-refractivity contribution in [1.82, 2.24) is 0 Å². The van der Waals surface area contributed by atoms with Gasteiger partial charge in [0.05, 0.1) is 17.8 Å². The second kappa shape index (κ2) is 6.94. The quantitative estimate of drug-likeness (QED) is 0.343. The van der Waals surface area contributed by atoms with Crippen LogP contribution in [-0.2, 0) is 19.0 Å².